The third-order valence-electron chi connectivity index (χ3n) is 5.86. The van der Waals surface area contributed by atoms with Crippen LogP contribution in [0.15, 0.2) is 42.5 Å². The van der Waals surface area contributed by atoms with E-state index in [1.807, 2.05) is 18.2 Å². The van der Waals surface area contributed by atoms with Gasteiger partial charge in [-0.15, -0.1) is 0 Å². The Kier molecular flexibility index (Phi) is 4.16. The molecule has 4 heteroatoms. The van der Waals surface area contributed by atoms with E-state index in [1.54, 1.807) is 14.2 Å². The summed E-state index contributed by atoms with van der Waals surface area (Å²) in [6.45, 7) is 2.07. The second kappa shape index (κ2) is 6.36. The fourth-order valence-corrected chi connectivity index (χ4v) is 4.44. The number of hydrogen-bond donors (Lipinski definition) is 0. The van der Waals surface area contributed by atoms with Gasteiger partial charge < -0.3 is 4.74 Å². The predicted molar refractivity (Wildman–Crippen MR) is 99.2 cm³/mol. The Hall–Kier alpha value is -2.46. The first-order valence-corrected chi connectivity index (χ1v) is 9.03. The summed E-state index contributed by atoms with van der Waals surface area (Å²) in [5.41, 5.74) is 5.06. The molecule has 0 saturated heterocycles. The second-order valence-electron chi connectivity index (χ2n) is 7.39. The van der Waals surface area contributed by atoms with Crippen LogP contribution in [-0.4, -0.2) is 37.0 Å². The monoisotopic (exact) mass is 349 g/mol. The summed E-state index contributed by atoms with van der Waals surface area (Å²) < 4.78 is 5.81. The molecule has 26 heavy (non-hydrogen) atoms. The fourth-order valence-electron chi connectivity index (χ4n) is 4.44. The molecular weight excluding hydrogens is 326 g/mol. The molecule has 0 N–H and O–H groups in total. The van der Waals surface area contributed by atoms with Gasteiger partial charge in [0.25, 0.3) is 5.91 Å². The molecule has 3 atom stereocenters. The summed E-state index contributed by atoms with van der Waals surface area (Å²) in [6.07, 6.45) is 1.44. The third-order valence-corrected chi connectivity index (χ3v) is 5.86. The average Bonchev–Trinajstić information content (AvgIpc) is 2.66. The number of ether oxygens (including phenoxy) is 1. The van der Waals surface area contributed by atoms with Crippen LogP contribution in [0.2, 0.25) is 0 Å². The molecule has 134 valence electrons. The minimum absolute atomic E-state index is 0.0133. The highest BCUT2D eigenvalue weighted by molar-refractivity contribution is 6.11. The van der Waals surface area contributed by atoms with Crippen LogP contribution in [-0.2, 0) is 22.4 Å². The third kappa shape index (κ3) is 2.56. The maximum Gasteiger partial charge on any atom is 0.260 e. The van der Waals surface area contributed by atoms with Crippen LogP contribution >= 0.6 is 0 Å². The van der Waals surface area contributed by atoms with Gasteiger partial charge in [0.15, 0.2) is 0 Å². The number of imide groups is 1. The number of benzene rings is 2. The SMILES string of the molecule is CO[C@H]1Cc2cccc3c2[C@H](C(=O)N(C)C3=O)[C@@H]1Cc1ccc(C)cc1. The molecule has 0 spiro atoms. The number of likely N-dealkylation sites (N-methyl/N-ethyl adjacent to an activating group) is 1. The summed E-state index contributed by atoms with van der Waals surface area (Å²) in [7, 11) is 3.30. The molecule has 0 aromatic heterocycles. The van der Waals surface area contributed by atoms with Gasteiger partial charge in [0, 0.05) is 25.6 Å². The predicted octanol–water partition coefficient (Wildman–Crippen LogP) is 3.12. The zero-order valence-electron chi connectivity index (χ0n) is 15.4. The maximum absolute atomic E-state index is 13.1. The van der Waals surface area contributed by atoms with Gasteiger partial charge in [0.05, 0.1) is 12.0 Å². The van der Waals surface area contributed by atoms with Crippen LogP contribution in [0.4, 0.5) is 0 Å². The van der Waals surface area contributed by atoms with Gasteiger partial charge in [-0.05, 0) is 42.5 Å². The van der Waals surface area contributed by atoms with Crippen molar-refractivity contribution in [1.82, 2.24) is 4.90 Å². The van der Waals surface area contributed by atoms with Gasteiger partial charge in [-0.3, -0.25) is 14.5 Å². The molecule has 2 amide bonds. The van der Waals surface area contributed by atoms with E-state index in [2.05, 4.69) is 31.2 Å². The van der Waals surface area contributed by atoms with E-state index in [9.17, 15) is 9.59 Å². The molecule has 0 fully saturated rings. The second-order valence-corrected chi connectivity index (χ2v) is 7.39. The summed E-state index contributed by atoms with van der Waals surface area (Å²) in [6, 6.07) is 14.2. The first-order valence-electron chi connectivity index (χ1n) is 9.03. The normalized spacial score (nSPS) is 24.6. The lowest BCUT2D eigenvalue weighted by atomic mass is 9.67. The molecule has 1 heterocycles. The van der Waals surface area contributed by atoms with E-state index in [1.165, 1.54) is 16.0 Å². The van der Waals surface area contributed by atoms with Crippen molar-refractivity contribution in [3.63, 3.8) is 0 Å². The topological polar surface area (TPSA) is 46.6 Å². The van der Waals surface area contributed by atoms with Gasteiger partial charge in [-0.25, -0.2) is 0 Å². The van der Waals surface area contributed by atoms with Crippen LogP contribution in [0.25, 0.3) is 0 Å². The van der Waals surface area contributed by atoms with Crippen molar-refractivity contribution in [2.24, 2.45) is 5.92 Å². The summed E-state index contributed by atoms with van der Waals surface area (Å²) in [5.74, 6) is -0.634. The van der Waals surface area contributed by atoms with E-state index in [-0.39, 0.29) is 29.8 Å². The Labute approximate surface area is 153 Å². The molecule has 0 unspecified atom stereocenters. The van der Waals surface area contributed by atoms with Crippen molar-refractivity contribution >= 4 is 11.8 Å². The first-order chi connectivity index (χ1) is 12.5. The van der Waals surface area contributed by atoms with E-state index in [4.69, 9.17) is 4.74 Å². The molecule has 4 nitrogen and oxygen atoms in total. The molecule has 2 aromatic carbocycles. The first kappa shape index (κ1) is 17.0. The summed E-state index contributed by atoms with van der Waals surface area (Å²) in [4.78, 5) is 26.9. The number of aryl methyl sites for hydroxylation is 1. The smallest absolute Gasteiger partial charge is 0.260 e. The van der Waals surface area contributed by atoms with E-state index < -0.39 is 0 Å². The van der Waals surface area contributed by atoms with Gasteiger partial charge >= 0.3 is 0 Å². The number of amides is 2. The lowest BCUT2D eigenvalue weighted by molar-refractivity contribution is -0.133. The highest BCUT2D eigenvalue weighted by Crippen LogP contribution is 2.44. The largest absolute Gasteiger partial charge is 0.381 e. The zero-order chi connectivity index (χ0) is 18.4. The summed E-state index contributed by atoms with van der Waals surface area (Å²) >= 11 is 0. The average molecular weight is 349 g/mol. The van der Waals surface area contributed by atoms with Crippen LogP contribution < -0.4 is 0 Å². The Bertz CT molecular complexity index is 871. The van der Waals surface area contributed by atoms with Gasteiger partial charge in [0.2, 0.25) is 5.91 Å². The Morgan fingerprint density at radius 3 is 2.54 bits per heavy atom. The van der Waals surface area contributed by atoms with Gasteiger partial charge in [-0.2, -0.15) is 0 Å². The molecule has 0 bridgehead atoms. The lowest BCUT2D eigenvalue weighted by Gasteiger charge is -2.43. The quantitative estimate of drug-likeness (QED) is 0.800. The molecule has 0 radical (unpaired) electrons. The molecule has 1 aliphatic heterocycles. The van der Waals surface area contributed by atoms with Crippen molar-refractivity contribution in [3.8, 4) is 0 Å². The van der Waals surface area contributed by atoms with Crippen LogP contribution in [0.3, 0.4) is 0 Å². The number of rotatable bonds is 3. The molecule has 1 aliphatic carbocycles. The van der Waals surface area contributed by atoms with E-state index in [0.29, 0.717) is 5.56 Å². The number of hydrogen-bond acceptors (Lipinski definition) is 3. The molecule has 2 aliphatic rings. The molecule has 2 aromatic rings. The number of carbonyl (C=O) groups is 2. The van der Waals surface area contributed by atoms with Crippen molar-refractivity contribution < 1.29 is 14.3 Å². The zero-order valence-corrected chi connectivity index (χ0v) is 15.4. The van der Waals surface area contributed by atoms with Crippen molar-refractivity contribution in [2.75, 3.05) is 14.2 Å². The molecule has 4 rings (SSSR count). The van der Waals surface area contributed by atoms with Crippen LogP contribution in [0.5, 0.6) is 0 Å². The van der Waals surface area contributed by atoms with Crippen molar-refractivity contribution in [2.45, 2.75) is 31.8 Å². The van der Waals surface area contributed by atoms with E-state index in [0.717, 1.165) is 24.0 Å². The number of nitrogens with zero attached hydrogens (tertiary/aromatic N) is 1. The van der Waals surface area contributed by atoms with Crippen LogP contribution in [0, 0.1) is 12.8 Å². The minimum Gasteiger partial charge on any atom is -0.381 e. The number of carbonyl (C=O) groups excluding carboxylic acids is 2. The van der Waals surface area contributed by atoms with Crippen molar-refractivity contribution in [3.05, 3.63) is 70.3 Å². The minimum atomic E-state index is -0.330. The Morgan fingerprint density at radius 2 is 1.85 bits per heavy atom. The van der Waals surface area contributed by atoms with E-state index >= 15 is 0 Å². The maximum atomic E-state index is 13.1. The van der Waals surface area contributed by atoms with Gasteiger partial charge in [-0.1, -0.05) is 42.0 Å². The Morgan fingerprint density at radius 1 is 1.12 bits per heavy atom. The highest BCUT2D eigenvalue weighted by atomic mass is 16.5. The van der Waals surface area contributed by atoms with Crippen LogP contribution in [0.1, 0.15) is 38.5 Å². The highest BCUT2D eigenvalue weighted by Gasteiger charge is 2.47. The van der Waals surface area contributed by atoms with Gasteiger partial charge in [0.1, 0.15) is 0 Å². The standard InChI is InChI=1S/C22H23NO3/c1-13-7-9-14(10-8-13)11-17-18(26-3)12-15-5-4-6-16-19(15)20(17)22(25)23(2)21(16)24/h4-10,17-18,20H,11-12H2,1-3H3/t17-,18+,20-/m1/s1. The molecular formula is C22H23NO3. The lowest BCUT2D eigenvalue weighted by Crippen LogP contribution is -2.50. The summed E-state index contributed by atoms with van der Waals surface area (Å²) in [5, 5.41) is 0. The number of methoxy groups -OCH3 is 1. The Balaban J connectivity index is 1.81. The molecule has 0 saturated carbocycles. The fraction of sp³-hybridized carbons (Fsp3) is 0.364. The van der Waals surface area contributed by atoms with Crippen molar-refractivity contribution in [1.29, 1.82) is 0 Å².